The van der Waals surface area contributed by atoms with Gasteiger partial charge in [-0.05, 0) is 18.1 Å². The molecule has 3 rings (SSSR count). The van der Waals surface area contributed by atoms with E-state index >= 15 is 0 Å². The number of nitrogens with zero attached hydrogens (tertiary/aromatic N) is 1. The average molecular weight is 315 g/mol. The number of piperidine rings is 1. The monoisotopic (exact) mass is 315 g/mol. The number of hydrogen-bond acceptors (Lipinski definition) is 4. The molecule has 7 heteroatoms. The Labute approximate surface area is 132 Å². The van der Waals surface area contributed by atoms with Crippen LogP contribution in [0.3, 0.4) is 0 Å². The van der Waals surface area contributed by atoms with E-state index in [9.17, 15) is 19.5 Å². The third-order valence-electron chi connectivity index (χ3n) is 4.18. The molecule has 7 nitrogen and oxygen atoms in total. The van der Waals surface area contributed by atoms with Gasteiger partial charge in [-0.1, -0.05) is 18.2 Å². The van der Waals surface area contributed by atoms with Crippen LogP contribution >= 0.6 is 0 Å². The molecular formula is C16H17N3O4. The van der Waals surface area contributed by atoms with Crippen molar-refractivity contribution < 1.29 is 19.5 Å². The maximum atomic E-state index is 12.2. The standard InChI is InChI=1S/C16H17N3O4/c17-11-5-6-14(20)19(15(11)21)13(16(22)23)7-9-8-18-12-4-2-1-3-10(9)12/h1-4,8,11,13,18H,5-7,17H2,(H,22,23). The zero-order valence-electron chi connectivity index (χ0n) is 12.4. The Morgan fingerprint density at radius 3 is 2.87 bits per heavy atom. The van der Waals surface area contributed by atoms with Gasteiger partial charge in [0.2, 0.25) is 11.8 Å². The number of carboxylic acids is 1. The Hall–Kier alpha value is -2.67. The highest BCUT2D eigenvalue weighted by atomic mass is 16.4. The van der Waals surface area contributed by atoms with Crippen molar-refractivity contribution in [2.75, 3.05) is 0 Å². The molecule has 1 saturated heterocycles. The normalized spacial score (nSPS) is 20.0. The third-order valence-corrected chi connectivity index (χ3v) is 4.18. The van der Waals surface area contributed by atoms with Gasteiger partial charge in [0.15, 0.2) is 0 Å². The Balaban J connectivity index is 1.94. The van der Waals surface area contributed by atoms with E-state index in [0.717, 1.165) is 21.4 Å². The molecule has 1 aromatic carbocycles. The predicted molar refractivity (Wildman–Crippen MR) is 82.5 cm³/mol. The number of aliphatic carboxylic acids is 1. The van der Waals surface area contributed by atoms with Gasteiger partial charge < -0.3 is 15.8 Å². The molecule has 120 valence electrons. The van der Waals surface area contributed by atoms with Crippen molar-refractivity contribution in [3.63, 3.8) is 0 Å². The summed E-state index contributed by atoms with van der Waals surface area (Å²) < 4.78 is 0. The van der Waals surface area contributed by atoms with E-state index in [0.29, 0.717) is 0 Å². The Morgan fingerprint density at radius 1 is 1.39 bits per heavy atom. The molecule has 4 N–H and O–H groups in total. The van der Waals surface area contributed by atoms with Crippen molar-refractivity contribution in [1.29, 1.82) is 0 Å². The van der Waals surface area contributed by atoms with Gasteiger partial charge in [-0.25, -0.2) is 4.79 Å². The fraction of sp³-hybridized carbons (Fsp3) is 0.312. The van der Waals surface area contributed by atoms with Crippen molar-refractivity contribution >= 4 is 28.7 Å². The second-order valence-electron chi connectivity index (χ2n) is 5.66. The lowest BCUT2D eigenvalue weighted by Gasteiger charge is -2.33. The number of likely N-dealkylation sites (tertiary alicyclic amines) is 1. The zero-order valence-corrected chi connectivity index (χ0v) is 12.4. The summed E-state index contributed by atoms with van der Waals surface area (Å²) in [7, 11) is 0. The maximum absolute atomic E-state index is 12.2. The quantitative estimate of drug-likeness (QED) is 0.716. The molecule has 2 unspecified atom stereocenters. The van der Waals surface area contributed by atoms with Crippen molar-refractivity contribution in [3.05, 3.63) is 36.0 Å². The summed E-state index contributed by atoms with van der Waals surface area (Å²) in [5.41, 5.74) is 7.31. The summed E-state index contributed by atoms with van der Waals surface area (Å²) in [6, 6.07) is 5.39. The molecule has 0 aliphatic carbocycles. The summed E-state index contributed by atoms with van der Waals surface area (Å²) in [5, 5.41) is 10.4. The van der Waals surface area contributed by atoms with E-state index in [2.05, 4.69) is 4.98 Å². The topological polar surface area (TPSA) is 116 Å². The number of para-hydroxylation sites is 1. The highest BCUT2D eigenvalue weighted by molar-refractivity contribution is 6.03. The molecule has 0 saturated carbocycles. The largest absolute Gasteiger partial charge is 0.480 e. The highest BCUT2D eigenvalue weighted by Crippen LogP contribution is 2.23. The number of nitrogens with one attached hydrogen (secondary N) is 1. The van der Waals surface area contributed by atoms with Crippen LogP contribution < -0.4 is 5.73 Å². The molecule has 2 aromatic rings. The Bertz CT molecular complexity index is 782. The van der Waals surface area contributed by atoms with Crippen LogP contribution in [0.1, 0.15) is 18.4 Å². The summed E-state index contributed by atoms with van der Waals surface area (Å²) in [4.78, 5) is 39.8. The number of amides is 2. The van der Waals surface area contributed by atoms with Crippen LogP contribution in [-0.2, 0) is 20.8 Å². The zero-order chi connectivity index (χ0) is 16.6. The van der Waals surface area contributed by atoms with Gasteiger partial charge in [0, 0.05) is 29.9 Å². The number of carboxylic acid groups (broad SMARTS) is 1. The first-order valence-electron chi connectivity index (χ1n) is 7.38. The lowest BCUT2D eigenvalue weighted by Crippen LogP contribution is -2.58. The molecule has 2 amide bonds. The number of H-pyrrole nitrogens is 1. The van der Waals surface area contributed by atoms with Crippen LogP contribution in [0, 0.1) is 0 Å². The average Bonchev–Trinajstić information content (AvgIpc) is 2.93. The lowest BCUT2D eigenvalue weighted by atomic mass is 9.98. The number of carbonyl (C=O) groups excluding carboxylic acids is 2. The van der Waals surface area contributed by atoms with Crippen molar-refractivity contribution in [3.8, 4) is 0 Å². The first-order valence-corrected chi connectivity index (χ1v) is 7.38. The summed E-state index contributed by atoms with van der Waals surface area (Å²) >= 11 is 0. The van der Waals surface area contributed by atoms with Crippen LogP contribution in [0.5, 0.6) is 0 Å². The molecule has 0 bridgehead atoms. The summed E-state index contributed by atoms with van der Waals surface area (Å²) in [6.45, 7) is 0. The number of hydrogen-bond donors (Lipinski definition) is 3. The van der Waals surface area contributed by atoms with E-state index in [4.69, 9.17) is 5.73 Å². The Kier molecular flexibility index (Phi) is 3.87. The predicted octanol–water partition coefficient (Wildman–Crippen LogP) is 0.640. The summed E-state index contributed by atoms with van der Waals surface area (Å²) in [5.74, 6) is -2.32. The van der Waals surface area contributed by atoms with Crippen LogP contribution in [0.15, 0.2) is 30.5 Å². The smallest absolute Gasteiger partial charge is 0.327 e. The van der Waals surface area contributed by atoms with E-state index < -0.39 is 29.9 Å². The number of aromatic amines is 1. The van der Waals surface area contributed by atoms with Gasteiger partial charge >= 0.3 is 5.97 Å². The van der Waals surface area contributed by atoms with Crippen LogP contribution in [0.25, 0.3) is 10.9 Å². The minimum absolute atomic E-state index is 0.0452. The van der Waals surface area contributed by atoms with Crippen LogP contribution in [0.2, 0.25) is 0 Å². The van der Waals surface area contributed by atoms with Gasteiger partial charge in [0.1, 0.15) is 6.04 Å². The van der Waals surface area contributed by atoms with Gasteiger partial charge in [-0.15, -0.1) is 0 Å². The third kappa shape index (κ3) is 2.70. The van der Waals surface area contributed by atoms with Crippen molar-refractivity contribution in [2.45, 2.75) is 31.3 Å². The molecule has 1 aliphatic rings. The minimum Gasteiger partial charge on any atom is -0.480 e. The van der Waals surface area contributed by atoms with E-state index in [1.54, 1.807) is 6.20 Å². The van der Waals surface area contributed by atoms with E-state index in [1.807, 2.05) is 24.3 Å². The van der Waals surface area contributed by atoms with Crippen LogP contribution in [-0.4, -0.2) is 44.9 Å². The number of imide groups is 1. The van der Waals surface area contributed by atoms with Gasteiger partial charge in [-0.2, -0.15) is 0 Å². The van der Waals surface area contributed by atoms with Crippen LogP contribution in [0.4, 0.5) is 0 Å². The fourth-order valence-electron chi connectivity index (χ4n) is 2.95. The molecule has 1 aliphatic heterocycles. The Morgan fingerprint density at radius 2 is 2.13 bits per heavy atom. The number of aromatic nitrogens is 1. The molecule has 0 spiro atoms. The van der Waals surface area contributed by atoms with Gasteiger partial charge in [-0.3, -0.25) is 14.5 Å². The number of fused-ring (bicyclic) bond motifs is 1. The molecule has 2 atom stereocenters. The molecule has 2 heterocycles. The molecule has 0 radical (unpaired) electrons. The van der Waals surface area contributed by atoms with Crippen molar-refractivity contribution in [2.24, 2.45) is 5.73 Å². The maximum Gasteiger partial charge on any atom is 0.327 e. The fourth-order valence-corrected chi connectivity index (χ4v) is 2.95. The minimum atomic E-state index is -1.25. The first-order chi connectivity index (χ1) is 11.0. The molecule has 1 fully saturated rings. The number of benzene rings is 1. The summed E-state index contributed by atoms with van der Waals surface area (Å²) in [6.07, 6.45) is 2.10. The second-order valence-corrected chi connectivity index (χ2v) is 5.66. The first kappa shape index (κ1) is 15.2. The SMILES string of the molecule is NC1CCC(=O)N(C(Cc2c[nH]c3ccccc23)C(=O)O)C1=O. The molecule has 1 aromatic heterocycles. The molecular weight excluding hydrogens is 298 g/mol. The second kappa shape index (κ2) is 5.85. The van der Waals surface area contributed by atoms with E-state index in [-0.39, 0.29) is 19.3 Å². The van der Waals surface area contributed by atoms with Crippen molar-refractivity contribution in [1.82, 2.24) is 9.88 Å². The lowest BCUT2D eigenvalue weighted by molar-refractivity contribution is -0.161. The molecule has 23 heavy (non-hydrogen) atoms. The number of carbonyl (C=O) groups is 3. The van der Waals surface area contributed by atoms with E-state index in [1.165, 1.54) is 0 Å². The van der Waals surface area contributed by atoms with Gasteiger partial charge in [0.25, 0.3) is 0 Å². The highest BCUT2D eigenvalue weighted by Gasteiger charge is 2.40. The number of nitrogens with two attached hydrogens (primary N) is 1. The van der Waals surface area contributed by atoms with Gasteiger partial charge in [0.05, 0.1) is 6.04 Å². The number of rotatable bonds is 4.